The van der Waals surface area contributed by atoms with Gasteiger partial charge in [-0.15, -0.1) is 16.6 Å². The number of aliphatic hydroxyl groups excluding tert-OH is 1. The van der Waals surface area contributed by atoms with Crippen molar-refractivity contribution in [1.29, 1.82) is 0 Å². The number of unbranched alkanes of at least 4 members (excludes halogenated alkanes) is 1. The van der Waals surface area contributed by atoms with Crippen molar-refractivity contribution in [2.24, 2.45) is 23.1 Å². The largest absolute Gasteiger partial charge is 1.00 e. The number of aromatic nitrogens is 9. The highest BCUT2D eigenvalue weighted by Crippen LogP contribution is 2.27. The van der Waals surface area contributed by atoms with Gasteiger partial charge in [0.05, 0.1) is 69.8 Å². The van der Waals surface area contributed by atoms with Crippen LogP contribution in [0.25, 0.3) is 0 Å². The molecule has 71 heavy (non-hydrogen) atoms. The van der Waals surface area contributed by atoms with E-state index in [2.05, 4.69) is 36.8 Å². The second-order valence-electron chi connectivity index (χ2n) is 17.4. The van der Waals surface area contributed by atoms with Gasteiger partial charge in [-0.1, -0.05) is 48.7 Å². The highest BCUT2D eigenvalue weighted by atomic mass is 35.5. The number of hydrogen-bond donors (Lipinski definition) is 6. The molecule has 2 amide bonds. The molecular weight excluding hydrogens is 938 g/mol. The Morgan fingerprint density at radius 3 is 1.94 bits per heavy atom. The monoisotopic (exact) mass is 1010 g/mol. The van der Waals surface area contributed by atoms with Crippen molar-refractivity contribution in [2.45, 2.75) is 70.1 Å². The van der Waals surface area contributed by atoms with Gasteiger partial charge in [-0.2, -0.15) is 15.0 Å². The molecule has 5 heterocycles. The van der Waals surface area contributed by atoms with E-state index in [1.54, 1.807) is 33.9 Å². The first-order chi connectivity index (χ1) is 34.0. The number of phenolic OH excluding ortho intramolecular Hbond substituents is 1. The summed E-state index contributed by atoms with van der Waals surface area (Å²) in [4.78, 5) is 50.9. The van der Waals surface area contributed by atoms with Gasteiger partial charge in [0, 0.05) is 58.9 Å². The average Bonchev–Trinajstić information content (AvgIpc) is 4.09. The van der Waals surface area contributed by atoms with Crippen molar-refractivity contribution < 1.29 is 46.4 Å². The topological polar surface area (TPSA) is 305 Å². The standard InChI is InChI=1S/C46H71N17O7.ClH/c1-4-23-68-25-27-70-28-26-69-24-14-50-44-51-45(60-19-15-58(16-20-60)42(66)40(8-6-7-13-47)62-30-39(55-56-62)37(49)32-64)53-46(52-44)61-21-17-59(18-22-61)43(67)41(33(3)5-2)63-31-38(54-57-63)36(48)29-34-9-11-35(65)12-10-34;/h1,9-12,30-31,33,36-37,40-41,64-65H,5-8,13-29,32,47-49H2,2-3H3,(H,50,51,52,53);1H/p-1/t33-,36-,37-,40-,41-;/m0./s1. The third kappa shape index (κ3) is 16.1. The van der Waals surface area contributed by atoms with E-state index in [0.29, 0.717) is 141 Å². The second kappa shape index (κ2) is 28.9. The lowest BCUT2D eigenvalue weighted by molar-refractivity contribution is -0.137. The van der Waals surface area contributed by atoms with E-state index in [1.807, 2.05) is 40.7 Å². The zero-order valence-corrected chi connectivity index (χ0v) is 41.6. The summed E-state index contributed by atoms with van der Waals surface area (Å²) in [5.74, 6) is 3.72. The minimum Gasteiger partial charge on any atom is -1.00 e. The van der Waals surface area contributed by atoms with Gasteiger partial charge < -0.3 is 78.9 Å². The van der Waals surface area contributed by atoms with Crippen molar-refractivity contribution >= 4 is 29.7 Å². The highest BCUT2D eigenvalue weighted by Gasteiger charge is 2.35. The Bertz CT molecular complexity index is 2250. The number of anilines is 3. The number of aromatic hydroxyl groups is 1. The molecule has 0 spiro atoms. The van der Waals surface area contributed by atoms with Crippen molar-refractivity contribution in [1.82, 2.24) is 54.7 Å². The Morgan fingerprint density at radius 1 is 0.789 bits per heavy atom. The van der Waals surface area contributed by atoms with E-state index in [1.165, 1.54) is 0 Å². The summed E-state index contributed by atoms with van der Waals surface area (Å²) in [6, 6.07) is 4.55. The van der Waals surface area contributed by atoms with E-state index < -0.39 is 24.2 Å². The number of piperazine rings is 2. The van der Waals surface area contributed by atoms with Crippen molar-refractivity contribution in [3.63, 3.8) is 0 Å². The first-order valence-electron chi connectivity index (χ1n) is 24.2. The Kier molecular flexibility index (Phi) is 22.9. The predicted molar refractivity (Wildman–Crippen MR) is 260 cm³/mol. The number of aliphatic hydroxyl groups is 1. The molecule has 0 radical (unpaired) electrons. The second-order valence-corrected chi connectivity index (χ2v) is 17.4. The van der Waals surface area contributed by atoms with Gasteiger partial charge in [0.2, 0.25) is 29.7 Å². The zero-order valence-electron chi connectivity index (χ0n) is 40.8. The maximum absolute atomic E-state index is 14.4. The fraction of sp³-hybridized carbons (Fsp3) is 0.630. The van der Waals surface area contributed by atoms with Crippen LogP contribution in [0.5, 0.6) is 5.75 Å². The Morgan fingerprint density at radius 2 is 1.35 bits per heavy atom. The molecule has 24 nitrogen and oxygen atoms in total. The highest BCUT2D eigenvalue weighted by molar-refractivity contribution is 5.81. The van der Waals surface area contributed by atoms with Crippen molar-refractivity contribution in [3.8, 4) is 18.1 Å². The van der Waals surface area contributed by atoms with E-state index in [0.717, 1.165) is 24.8 Å². The van der Waals surface area contributed by atoms with Crippen LogP contribution in [0.1, 0.15) is 80.6 Å². The molecule has 3 aromatic heterocycles. The van der Waals surface area contributed by atoms with Crippen LogP contribution in [0.2, 0.25) is 0 Å². The van der Waals surface area contributed by atoms with Crippen LogP contribution in [0.15, 0.2) is 36.7 Å². The Balaban J connectivity index is 0.00000937. The average molecular weight is 1010 g/mol. The van der Waals surface area contributed by atoms with E-state index in [-0.39, 0.29) is 49.1 Å². The van der Waals surface area contributed by atoms with Gasteiger partial charge in [-0.05, 0) is 55.8 Å². The van der Waals surface area contributed by atoms with E-state index >= 15 is 0 Å². The molecule has 0 aliphatic carbocycles. The number of benzene rings is 1. The van der Waals surface area contributed by atoms with Crippen LogP contribution in [0.3, 0.4) is 0 Å². The third-order valence-electron chi connectivity index (χ3n) is 12.5. The molecule has 25 heteroatoms. The number of carbonyl (C=O) groups excluding carboxylic acids is 2. The number of nitrogens with zero attached hydrogens (tertiary/aromatic N) is 13. The van der Waals surface area contributed by atoms with Crippen LogP contribution in [-0.4, -0.2) is 188 Å². The SMILES string of the molecule is C#CCOCCOCCOCCNc1nc(N2CCN(C(=O)[C@H]([C@@H](C)CC)n3cc([C@@H](N)Cc4ccc(O)cc4)nn3)CC2)nc(N2CCN(C(=O)[C@H](CCCCN)n3cc([C@@H](N)CO)nn3)CC2)n1.[Cl-]. The van der Waals surface area contributed by atoms with Gasteiger partial charge in [0.1, 0.15) is 30.1 Å². The molecule has 0 bridgehead atoms. The van der Waals surface area contributed by atoms with Gasteiger partial charge in [-0.25, -0.2) is 9.36 Å². The van der Waals surface area contributed by atoms with Gasteiger partial charge in [0.25, 0.3) is 0 Å². The number of hydrogen-bond acceptors (Lipinski definition) is 20. The van der Waals surface area contributed by atoms with Gasteiger partial charge in [0.15, 0.2) is 0 Å². The number of nitrogens with two attached hydrogens (primary N) is 3. The molecule has 2 aliphatic rings. The lowest BCUT2D eigenvalue weighted by Crippen LogP contribution is -3.00. The van der Waals surface area contributed by atoms with Crippen molar-refractivity contribution in [2.75, 3.05) is 127 Å². The molecule has 0 unspecified atom stereocenters. The maximum Gasteiger partial charge on any atom is 0.247 e. The molecule has 390 valence electrons. The van der Waals surface area contributed by atoms with Crippen LogP contribution >= 0.6 is 0 Å². The minimum atomic E-state index is -0.701. The summed E-state index contributed by atoms with van der Waals surface area (Å²) < 4.78 is 19.7. The number of terminal acetylenes is 1. The summed E-state index contributed by atoms with van der Waals surface area (Å²) in [6.45, 7) is 10.5. The van der Waals surface area contributed by atoms with Crippen LogP contribution in [0.4, 0.5) is 17.8 Å². The molecule has 2 fully saturated rings. The Labute approximate surface area is 421 Å². The molecule has 6 rings (SSSR count). The number of rotatable bonds is 28. The fourth-order valence-electron chi connectivity index (χ4n) is 8.16. The third-order valence-corrected chi connectivity index (χ3v) is 12.5. The summed E-state index contributed by atoms with van der Waals surface area (Å²) in [5, 5.41) is 39.7. The number of carbonyl (C=O) groups is 2. The normalized spacial score (nSPS) is 16.2. The fourth-order valence-corrected chi connectivity index (χ4v) is 8.16. The lowest BCUT2D eigenvalue weighted by atomic mass is 9.97. The number of halogens is 1. The quantitative estimate of drug-likeness (QED) is 0.0245. The first kappa shape index (κ1) is 56.1. The zero-order chi connectivity index (χ0) is 49.8. The molecule has 1 aromatic carbocycles. The summed E-state index contributed by atoms with van der Waals surface area (Å²) in [5.41, 5.74) is 20.3. The number of ether oxygens (including phenoxy) is 3. The minimum absolute atomic E-state index is 0. The summed E-state index contributed by atoms with van der Waals surface area (Å²) in [7, 11) is 0. The van der Waals surface area contributed by atoms with Crippen LogP contribution in [-0.2, 0) is 30.2 Å². The van der Waals surface area contributed by atoms with Crippen LogP contribution < -0.4 is 44.7 Å². The molecule has 9 N–H and O–H groups in total. The molecular formula is C46H71ClN17O7-. The van der Waals surface area contributed by atoms with Crippen molar-refractivity contribution in [3.05, 3.63) is 53.6 Å². The van der Waals surface area contributed by atoms with Gasteiger partial charge >= 0.3 is 0 Å². The van der Waals surface area contributed by atoms with Crippen LogP contribution in [0, 0.1) is 18.3 Å². The summed E-state index contributed by atoms with van der Waals surface area (Å²) in [6.07, 6.45) is 11.9. The Hall–Kier alpha value is -5.78. The summed E-state index contributed by atoms with van der Waals surface area (Å²) >= 11 is 0. The number of nitrogens with one attached hydrogen (secondary N) is 1. The number of amides is 2. The van der Waals surface area contributed by atoms with E-state index in [9.17, 15) is 19.8 Å². The van der Waals surface area contributed by atoms with Gasteiger partial charge in [-0.3, -0.25) is 9.59 Å². The predicted octanol–water partition coefficient (Wildman–Crippen LogP) is -2.95. The molecule has 5 atom stereocenters. The molecule has 4 aromatic rings. The number of phenols is 1. The first-order valence-corrected chi connectivity index (χ1v) is 24.2. The smallest absolute Gasteiger partial charge is 0.247 e. The molecule has 0 saturated carbocycles. The lowest BCUT2D eigenvalue weighted by Gasteiger charge is -2.38. The van der Waals surface area contributed by atoms with E-state index in [4.69, 9.17) is 52.8 Å². The molecule has 2 saturated heterocycles. The maximum atomic E-state index is 14.4. The molecule has 2 aliphatic heterocycles.